The molecular formula is C30H31ClN9O5S3+. The molecular weight excluding hydrogens is 698 g/mol. The number of carboxylic acid groups (broad SMARTS) is 1. The quantitative estimate of drug-likeness (QED) is 0.0689. The molecule has 0 saturated carbocycles. The molecule has 0 aromatic carbocycles. The number of nitrogens with one attached hydrogen (secondary N) is 1. The van der Waals surface area contributed by atoms with E-state index in [-0.39, 0.29) is 39.5 Å². The Kier molecular flexibility index (Phi) is 8.78. The number of imidazole rings is 1. The van der Waals surface area contributed by atoms with E-state index in [4.69, 9.17) is 27.6 Å². The zero-order valence-electron chi connectivity index (χ0n) is 25.7. The molecule has 0 radical (unpaired) electrons. The van der Waals surface area contributed by atoms with Crippen LogP contribution in [0.1, 0.15) is 35.4 Å². The second-order valence-electron chi connectivity index (χ2n) is 11.6. The highest BCUT2D eigenvalue weighted by atomic mass is 35.5. The van der Waals surface area contributed by atoms with E-state index in [1.165, 1.54) is 23.8 Å². The molecule has 2 fully saturated rings. The lowest BCUT2D eigenvalue weighted by molar-refractivity contribution is -0.661. The van der Waals surface area contributed by atoms with Crippen LogP contribution in [-0.2, 0) is 32.3 Å². The van der Waals surface area contributed by atoms with E-state index in [9.17, 15) is 19.5 Å². The van der Waals surface area contributed by atoms with Crippen molar-refractivity contribution in [2.24, 2.45) is 11.1 Å². The summed E-state index contributed by atoms with van der Waals surface area (Å²) in [5, 5.41) is 24.3. The Morgan fingerprint density at radius 3 is 2.79 bits per heavy atom. The van der Waals surface area contributed by atoms with Crippen molar-refractivity contribution in [3.8, 4) is 0 Å². The fourth-order valence-corrected chi connectivity index (χ4v) is 9.59. The minimum Gasteiger partial charge on any atom is -0.477 e. The van der Waals surface area contributed by atoms with Gasteiger partial charge >= 0.3 is 11.6 Å². The molecule has 4 aromatic rings. The molecule has 7 rings (SSSR count). The van der Waals surface area contributed by atoms with Gasteiger partial charge in [0, 0.05) is 41.1 Å². The maximum Gasteiger partial charge on any atom is 0.352 e. The molecule has 0 aliphatic carbocycles. The number of fused-ring (bicyclic) bond motifs is 2. The van der Waals surface area contributed by atoms with Crippen LogP contribution in [-0.4, -0.2) is 89.6 Å². The van der Waals surface area contributed by atoms with Crippen LogP contribution in [0.15, 0.2) is 52.5 Å². The Labute approximate surface area is 291 Å². The van der Waals surface area contributed by atoms with Crippen molar-refractivity contribution in [3.63, 3.8) is 0 Å². The molecule has 14 nitrogen and oxygen atoms in total. The van der Waals surface area contributed by atoms with Crippen molar-refractivity contribution in [1.82, 2.24) is 24.0 Å². The number of thiazole rings is 1. The number of thioether (sulfide) groups is 1. The van der Waals surface area contributed by atoms with Crippen LogP contribution in [0.3, 0.4) is 0 Å². The van der Waals surface area contributed by atoms with Crippen LogP contribution < -0.4 is 10.3 Å². The number of carbonyl (C=O) groups excluding carboxylic acids is 2. The number of aliphatic carboxylic acids is 1. The van der Waals surface area contributed by atoms with Crippen LogP contribution in [0.25, 0.3) is 5.65 Å². The van der Waals surface area contributed by atoms with E-state index in [0.29, 0.717) is 23.7 Å². The third-order valence-electron chi connectivity index (χ3n) is 8.66. The number of likely N-dealkylation sites (tertiary alicyclic amines) is 1. The zero-order chi connectivity index (χ0) is 33.7. The average Bonchev–Trinajstić information content (AvgIpc) is 3.90. The number of hydrogen-bond donors (Lipinski definition) is 3. The summed E-state index contributed by atoms with van der Waals surface area (Å²) in [6.07, 6.45) is 7.84. The summed E-state index contributed by atoms with van der Waals surface area (Å²) >= 11 is 10.2. The van der Waals surface area contributed by atoms with Crippen LogP contribution in [0, 0.1) is 11.3 Å². The van der Waals surface area contributed by atoms with E-state index in [2.05, 4.69) is 25.7 Å². The Morgan fingerprint density at radius 1 is 1.29 bits per heavy atom. The van der Waals surface area contributed by atoms with Crippen molar-refractivity contribution in [2.75, 3.05) is 31.7 Å². The van der Waals surface area contributed by atoms with E-state index in [1.54, 1.807) is 11.3 Å². The number of hydrogen-bond acceptors (Lipinski definition) is 11. The van der Waals surface area contributed by atoms with Gasteiger partial charge in [0.1, 0.15) is 41.4 Å². The second-order valence-corrected chi connectivity index (χ2v) is 15.3. The summed E-state index contributed by atoms with van der Waals surface area (Å²) in [4.78, 5) is 52.7. The first-order valence-corrected chi connectivity index (χ1v) is 18.2. The van der Waals surface area contributed by atoms with Crippen LogP contribution in [0.5, 0.6) is 0 Å². The zero-order valence-corrected chi connectivity index (χ0v) is 28.9. The maximum absolute atomic E-state index is 13.4. The maximum atomic E-state index is 13.4. The number of β-lactam (4-membered cyclic amide) rings is 1. The number of thiophene rings is 1. The third-order valence-corrected chi connectivity index (χ3v) is 12.1. The Bertz CT molecular complexity index is 2020. The third kappa shape index (κ3) is 5.77. The summed E-state index contributed by atoms with van der Waals surface area (Å²) in [5.74, 6) is -1.93. The number of Topliss-reactive ketones (excluding diaryl/α,β-unsaturated/α-hetero) is 1. The van der Waals surface area contributed by atoms with Crippen molar-refractivity contribution in [1.29, 1.82) is 5.41 Å². The smallest absolute Gasteiger partial charge is 0.352 e. The highest BCUT2D eigenvalue weighted by Crippen LogP contribution is 2.45. The standard InChI is InChI=1S/C30H30ClN9O5S3/c1-45-35-22(23-25(31)48-30(33)34-23)20(41)11-19-27(42)40-24(29(43)44)17(15-47-28(19)40)12-38-7-4-21-37(8-9-39(21)38)13-18-10-16(14-46-18)26(32)36-5-2-3-6-36/h4,7-10,14,19,28,32H,2-3,5-6,11-13,15H2,1H3,(H2-,33,34,43,44)/p+1/b32-26?,35-22+/t19-,28-/m1/s1. The molecule has 0 spiro atoms. The number of halogens is 1. The number of aromatic nitrogens is 4. The number of anilines is 1. The monoisotopic (exact) mass is 728 g/mol. The van der Waals surface area contributed by atoms with Gasteiger partial charge in [0.25, 0.3) is 0 Å². The van der Waals surface area contributed by atoms with Gasteiger partial charge in [0.2, 0.25) is 5.91 Å². The SMILES string of the molecule is CO/N=C(\C(=O)C[C@@H]1C(=O)N2C(C(=O)O)=C(Cn3ccc4n3cc[n+]4Cc3cc(C(=N)N4CCCC4)cs3)CS[C@H]12)c1nc(N)sc1Cl. The molecule has 250 valence electrons. The summed E-state index contributed by atoms with van der Waals surface area (Å²) < 4.78 is 6.15. The van der Waals surface area contributed by atoms with Crippen LogP contribution in [0.4, 0.5) is 5.13 Å². The lowest BCUT2D eigenvalue weighted by Gasteiger charge is -2.49. The first-order valence-electron chi connectivity index (χ1n) is 15.1. The largest absolute Gasteiger partial charge is 0.477 e. The van der Waals surface area contributed by atoms with Gasteiger partial charge in [-0.3, -0.25) is 19.9 Å². The van der Waals surface area contributed by atoms with Crippen LogP contribution in [0.2, 0.25) is 4.34 Å². The van der Waals surface area contributed by atoms with Crippen molar-refractivity contribution in [3.05, 3.63) is 67.8 Å². The van der Waals surface area contributed by atoms with Gasteiger partial charge in [0.15, 0.2) is 22.8 Å². The number of nitrogens with two attached hydrogens (primary N) is 1. The number of rotatable bonds is 11. The van der Waals surface area contributed by atoms with Gasteiger partial charge in [-0.2, -0.15) is 0 Å². The van der Waals surface area contributed by atoms with Gasteiger partial charge in [-0.1, -0.05) is 28.1 Å². The normalized spacial score (nSPS) is 19.6. The van der Waals surface area contributed by atoms with E-state index in [0.717, 1.165) is 53.4 Å². The first-order chi connectivity index (χ1) is 23.1. The summed E-state index contributed by atoms with van der Waals surface area (Å²) in [5.41, 5.74) is 8.08. The molecule has 4 N–H and O–H groups in total. The molecule has 2 atom stereocenters. The van der Waals surface area contributed by atoms with Crippen molar-refractivity contribution in [2.45, 2.75) is 37.7 Å². The van der Waals surface area contributed by atoms with E-state index in [1.807, 2.05) is 39.2 Å². The number of carbonyl (C=O) groups is 3. The fourth-order valence-electron chi connectivity index (χ4n) is 6.40. The van der Waals surface area contributed by atoms with E-state index < -0.39 is 29.0 Å². The van der Waals surface area contributed by atoms with Gasteiger partial charge in [0.05, 0.1) is 30.1 Å². The molecule has 1 amide bonds. The Hall–Kier alpha value is -4.19. The topological polar surface area (TPSA) is 175 Å². The minimum atomic E-state index is -1.20. The van der Waals surface area contributed by atoms with Gasteiger partial charge < -0.3 is 20.6 Å². The minimum absolute atomic E-state index is 0.0537. The number of amidine groups is 1. The van der Waals surface area contributed by atoms with Gasteiger partial charge in [-0.15, -0.1) is 27.6 Å². The molecule has 0 unspecified atom stereocenters. The number of oxime groups is 1. The van der Waals surface area contributed by atoms with Crippen LogP contribution >= 0.6 is 46.0 Å². The summed E-state index contributed by atoms with van der Waals surface area (Å²) in [6.45, 7) is 2.77. The molecule has 18 heteroatoms. The highest BCUT2D eigenvalue weighted by Gasteiger charge is 2.54. The number of ketones is 1. The lowest BCUT2D eigenvalue weighted by Crippen LogP contribution is -2.62. The first kappa shape index (κ1) is 32.4. The lowest BCUT2D eigenvalue weighted by atomic mass is 9.89. The Balaban J connectivity index is 1.06. The Morgan fingerprint density at radius 2 is 2.08 bits per heavy atom. The summed E-state index contributed by atoms with van der Waals surface area (Å²) in [6, 6.07) is 4.05. The van der Waals surface area contributed by atoms with Crippen molar-refractivity contribution < 1.29 is 28.9 Å². The summed E-state index contributed by atoms with van der Waals surface area (Å²) in [7, 11) is 1.28. The number of amides is 1. The van der Waals surface area contributed by atoms with Gasteiger partial charge in [-0.05, 0) is 24.5 Å². The predicted octanol–water partition coefficient (Wildman–Crippen LogP) is 3.13. The van der Waals surface area contributed by atoms with E-state index >= 15 is 0 Å². The predicted molar refractivity (Wildman–Crippen MR) is 183 cm³/mol. The molecule has 0 bridgehead atoms. The number of carboxylic acids is 1. The molecule has 3 aliphatic rings. The van der Waals surface area contributed by atoms with Gasteiger partial charge in [-0.25, -0.2) is 19.0 Å². The number of nitrogens with zero attached hydrogens (tertiary/aromatic N) is 7. The highest BCUT2D eigenvalue weighted by molar-refractivity contribution is 8.00. The fraction of sp³-hybridized carbons (Fsp3) is 0.367. The second kappa shape index (κ2) is 13.0. The average molecular weight is 729 g/mol. The molecule has 2 saturated heterocycles. The van der Waals surface area contributed by atoms with Crippen molar-refractivity contribution >= 4 is 86.0 Å². The number of nitrogen functional groups attached to an aromatic ring is 1. The molecule has 48 heavy (non-hydrogen) atoms. The molecule has 3 aliphatic heterocycles. The molecule has 7 heterocycles. The molecule has 4 aromatic heterocycles.